The Morgan fingerprint density at radius 2 is 1.92 bits per heavy atom. The maximum atomic E-state index is 12.9. The minimum atomic E-state index is -0.563. The summed E-state index contributed by atoms with van der Waals surface area (Å²) in [5.41, 5.74) is 1.15. The van der Waals surface area contributed by atoms with Crippen molar-refractivity contribution in [3.63, 3.8) is 0 Å². The summed E-state index contributed by atoms with van der Waals surface area (Å²) in [7, 11) is 1.56. The highest BCUT2D eigenvalue weighted by atomic mass is 32.2. The van der Waals surface area contributed by atoms with Gasteiger partial charge >= 0.3 is 0 Å². The second kappa shape index (κ2) is 8.01. The van der Waals surface area contributed by atoms with Crippen LogP contribution in [0.4, 0.5) is 15.8 Å². The van der Waals surface area contributed by atoms with Crippen LogP contribution in [-0.2, 0) is 9.59 Å². The third-order valence-electron chi connectivity index (χ3n) is 3.58. The molecule has 1 aliphatic rings. The molecule has 0 aromatic heterocycles. The smallest absolute Gasteiger partial charge is 0.240 e. The second-order valence-electron chi connectivity index (χ2n) is 5.47. The molecule has 0 unspecified atom stereocenters. The van der Waals surface area contributed by atoms with Crippen LogP contribution >= 0.6 is 11.8 Å². The molecule has 8 heteroatoms. The first-order valence-electron chi connectivity index (χ1n) is 7.79. The molecule has 2 aromatic carbocycles. The van der Waals surface area contributed by atoms with Crippen molar-refractivity contribution in [3.05, 3.63) is 54.3 Å². The van der Waals surface area contributed by atoms with Crippen molar-refractivity contribution >= 4 is 40.1 Å². The fourth-order valence-electron chi connectivity index (χ4n) is 2.28. The molecule has 1 saturated heterocycles. The van der Waals surface area contributed by atoms with Crippen molar-refractivity contribution in [3.8, 4) is 5.75 Å². The molecule has 1 heterocycles. The number of amidine groups is 1. The van der Waals surface area contributed by atoms with Crippen LogP contribution in [0.2, 0.25) is 0 Å². The van der Waals surface area contributed by atoms with E-state index in [0.717, 1.165) is 0 Å². The average Bonchev–Trinajstić information content (AvgIpc) is 2.96. The van der Waals surface area contributed by atoms with Gasteiger partial charge in [-0.3, -0.25) is 9.59 Å². The zero-order valence-electron chi connectivity index (χ0n) is 13.9. The van der Waals surface area contributed by atoms with Gasteiger partial charge in [0.05, 0.1) is 12.8 Å². The van der Waals surface area contributed by atoms with Gasteiger partial charge in [-0.15, -0.1) is 0 Å². The molecule has 1 atom stereocenters. The summed E-state index contributed by atoms with van der Waals surface area (Å²) in [6, 6.07) is 12.5. The van der Waals surface area contributed by atoms with Gasteiger partial charge in [-0.1, -0.05) is 11.8 Å². The Hall–Kier alpha value is -2.87. The zero-order chi connectivity index (χ0) is 18.5. The van der Waals surface area contributed by atoms with Crippen LogP contribution in [0.3, 0.4) is 0 Å². The van der Waals surface area contributed by atoms with E-state index in [1.807, 2.05) is 0 Å². The van der Waals surface area contributed by atoms with Gasteiger partial charge in [0.1, 0.15) is 16.8 Å². The second-order valence-corrected chi connectivity index (χ2v) is 6.66. The molecular weight excluding hydrogens is 357 g/mol. The highest BCUT2D eigenvalue weighted by molar-refractivity contribution is 8.15. The first kappa shape index (κ1) is 17.9. The first-order valence-corrected chi connectivity index (χ1v) is 8.67. The van der Waals surface area contributed by atoms with Gasteiger partial charge in [0.2, 0.25) is 11.8 Å². The van der Waals surface area contributed by atoms with E-state index in [4.69, 9.17) is 4.74 Å². The summed E-state index contributed by atoms with van der Waals surface area (Å²) in [4.78, 5) is 28.4. The highest BCUT2D eigenvalue weighted by Gasteiger charge is 2.32. The van der Waals surface area contributed by atoms with Gasteiger partial charge in [0, 0.05) is 12.1 Å². The maximum absolute atomic E-state index is 12.9. The number of nitrogens with zero attached hydrogens (tertiary/aromatic N) is 1. The Labute approximate surface area is 153 Å². The largest absolute Gasteiger partial charge is 0.497 e. The van der Waals surface area contributed by atoms with Gasteiger partial charge in [0.25, 0.3) is 0 Å². The summed E-state index contributed by atoms with van der Waals surface area (Å²) < 4.78 is 18.0. The minimum Gasteiger partial charge on any atom is -0.497 e. The normalized spacial score (nSPS) is 17.8. The van der Waals surface area contributed by atoms with Gasteiger partial charge < -0.3 is 15.4 Å². The minimum absolute atomic E-state index is 0.0188. The van der Waals surface area contributed by atoms with E-state index in [9.17, 15) is 14.0 Å². The van der Waals surface area contributed by atoms with Crippen molar-refractivity contribution in [2.75, 3.05) is 12.4 Å². The van der Waals surface area contributed by atoms with E-state index in [1.54, 1.807) is 31.4 Å². The molecule has 2 aromatic rings. The van der Waals surface area contributed by atoms with E-state index >= 15 is 0 Å². The molecule has 1 fully saturated rings. The van der Waals surface area contributed by atoms with E-state index in [-0.39, 0.29) is 24.1 Å². The number of hydrogen-bond donors (Lipinski definition) is 2. The van der Waals surface area contributed by atoms with Crippen LogP contribution in [0.25, 0.3) is 0 Å². The van der Waals surface area contributed by atoms with Crippen LogP contribution in [0.5, 0.6) is 5.75 Å². The lowest BCUT2D eigenvalue weighted by molar-refractivity contribution is -0.122. The topological polar surface area (TPSA) is 79.8 Å². The van der Waals surface area contributed by atoms with E-state index < -0.39 is 5.25 Å². The molecule has 134 valence electrons. The predicted molar refractivity (Wildman–Crippen MR) is 99.3 cm³/mol. The highest BCUT2D eigenvalue weighted by Crippen LogP contribution is 2.26. The number of hydrogen-bond acceptors (Lipinski definition) is 5. The Bertz CT molecular complexity index is 838. The average molecular weight is 373 g/mol. The van der Waals surface area contributed by atoms with Crippen LogP contribution in [-0.4, -0.2) is 29.3 Å². The number of aliphatic imine (C=N–C) groups is 1. The van der Waals surface area contributed by atoms with Crippen LogP contribution in [0.1, 0.15) is 6.42 Å². The summed E-state index contributed by atoms with van der Waals surface area (Å²) in [6.45, 7) is 0. The quantitative estimate of drug-likeness (QED) is 0.844. The van der Waals surface area contributed by atoms with E-state index in [2.05, 4.69) is 15.6 Å². The molecule has 0 spiro atoms. The number of amides is 2. The Morgan fingerprint density at radius 1 is 1.23 bits per heavy atom. The Morgan fingerprint density at radius 3 is 2.58 bits per heavy atom. The first-order chi connectivity index (χ1) is 12.5. The number of methoxy groups -OCH3 is 1. The van der Waals surface area contributed by atoms with Gasteiger partial charge in [0.15, 0.2) is 5.17 Å². The molecular formula is C18H16FN3O3S. The molecule has 0 aliphatic carbocycles. The zero-order valence-corrected chi connectivity index (χ0v) is 14.7. The monoisotopic (exact) mass is 373 g/mol. The number of ether oxygens (including phenoxy) is 1. The van der Waals surface area contributed by atoms with Gasteiger partial charge in [-0.05, 0) is 48.5 Å². The molecule has 2 amide bonds. The third-order valence-corrected chi connectivity index (χ3v) is 4.66. The Kier molecular flexibility index (Phi) is 5.52. The summed E-state index contributed by atoms with van der Waals surface area (Å²) in [5.74, 6) is -0.216. The third kappa shape index (κ3) is 4.60. The molecule has 6 nitrogen and oxygen atoms in total. The van der Waals surface area contributed by atoms with Crippen LogP contribution < -0.4 is 15.4 Å². The standard InChI is InChI=1S/C18H16FN3O3S/c1-25-14-8-6-12(7-9-14)20-16(23)10-15-17(24)22-18(26-15)21-13-4-2-11(19)3-5-13/h2-9,15H,10H2,1H3,(H,20,23)(H,21,22,24)/t15-/m0/s1. The van der Waals surface area contributed by atoms with Crippen molar-refractivity contribution in [1.29, 1.82) is 0 Å². The van der Waals surface area contributed by atoms with Gasteiger partial charge in [-0.2, -0.15) is 0 Å². The fourth-order valence-corrected chi connectivity index (χ4v) is 3.27. The lowest BCUT2D eigenvalue weighted by atomic mass is 10.2. The molecule has 1 aliphatic heterocycles. The predicted octanol–water partition coefficient (Wildman–Crippen LogP) is 3.08. The number of halogens is 1. The van der Waals surface area contributed by atoms with Crippen molar-refractivity contribution in [1.82, 2.24) is 5.32 Å². The van der Waals surface area contributed by atoms with Gasteiger partial charge in [-0.25, -0.2) is 9.38 Å². The van der Waals surface area contributed by atoms with E-state index in [1.165, 1.54) is 36.0 Å². The Balaban J connectivity index is 1.58. The molecule has 26 heavy (non-hydrogen) atoms. The molecule has 0 bridgehead atoms. The lowest BCUT2D eigenvalue weighted by Crippen LogP contribution is -2.28. The number of nitrogens with one attached hydrogen (secondary N) is 2. The summed E-state index contributed by atoms with van der Waals surface area (Å²) >= 11 is 1.18. The van der Waals surface area contributed by atoms with Crippen LogP contribution in [0.15, 0.2) is 53.5 Å². The number of anilines is 1. The molecule has 3 rings (SSSR count). The fraction of sp³-hybridized carbons (Fsp3) is 0.167. The molecule has 0 radical (unpaired) electrons. The number of rotatable bonds is 5. The van der Waals surface area contributed by atoms with Crippen molar-refractivity contribution in [2.45, 2.75) is 11.7 Å². The van der Waals surface area contributed by atoms with E-state index in [0.29, 0.717) is 22.3 Å². The molecule has 2 N–H and O–H groups in total. The number of carbonyl (C=O) groups excluding carboxylic acids is 2. The number of carbonyl (C=O) groups is 2. The van der Waals surface area contributed by atoms with Crippen LogP contribution in [0, 0.1) is 5.82 Å². The van der Waals surface area contributed by atoms with Crippen molar-refractivity contribution < 1.29 is 18.7 Å². The maximum Gasteiger partial charge on any atom is 0.240 e. The van der Waals surface area contributed by atoms with Crippen molar-refractivity contribution in [2.24, 2.45) is 4.99 Å². The number of thioether (sulfide) groups is 1. The summed E-state index contributed by atoms with van der Waals surface area (Å²) in [5, 5.41) is 5.21. The lowest BCUT2D eigenvalue weighted by Gasteiger charge is -2.08. The SMILES string of the molecule is COc1ccc(NC(=O)C[C@@H]2SC(=Nc3ccc(F)cc3)NC2=O)cc1. The summed E-state index contributed by atoms with van der Waals surface area (Å²) in [6.07, 6.45) is 0.0188. The molecule has 0 saturated carbocycles. The number of benzene rings is 2.